The van der Waals surface area contributed by atoms with Gasteiger partial charge in [0.15, 0.2) is 0 Å². The Morgan fingerprint density at radius 1 is 1.38 bits per heavy atom. The van der Waals surface area contributed by atoms with Crippen molar-refractivity contribution in [2.75, 3.05) is 26.3 Å². The van der Waals surface area contributed by atoms with Crippen LogP contribution in [0.3, 0.4) is 0 Å². The average Bonchev–Trinajstić information content (AvgIpc) is 3.19. The van der Waals surface area contributed by atoms with Crippen molar-refractivity contribution in [1.29, 1.82) is 0 Å². The van der Waals surface area contributed by atoms with E-state index < -0.39 is 11.4 Å². The van der Waals surface area contributed by atoms with Crippen molar-refractivity contribution in [2.24, 2.45) is 11.3 Å². The second-order valence-electron chi connectivity index (χ2n) is 6.96. The number of hydrogen-bond donors (Lipinski definition) is 2. The van der Waals surface area contributed by atoms with Crippen LogP contribution in [0.1, 0.15) is 24.8 Å². The predicted molar refractivity (Wildman–Crippen MR) is 90.9 cm³/mol. The quantitative estimate of drug-likeness (QED) is 0.729. The molecule has 8 nitrogen and oxygen atoms in total. The number of aliphatic carboxylic acids is 1. The molecule has 0 radical (unpaired) electrons. The zero-order chi connectivity index (χ0) is 18.6. The number of nitrogens with zero attached hydrogens (tertiary/aromatic N) is 2. The van der Waals surface area contributed by atoms with Crippen LogP contribution in [0.15, 0.2) is 24.5 Å². The van der Waals surface area contributed by atoms with Gasteiger partial charge >= 0.3 is 5.97 Å². The highest BCUT2D eigenvalue weighted by atomic mass is 16.5. The molecule has 0 aromatic carbocycles. The Morgan fingerprint density at radius 3 is 2.92 bits per heavy atom. The Kier molecular flexibility index (Phi) is 5.51. The van der Waals surface area contributed by atoms with E-state index in [1.54, 1.807) is 23.4 Å². The van der Waals surface area contributed by atoms with Gasteiger partial charge in [-0.05, 0) is 30.4 Å². The average molecular weight is 361 g/mol. The molecule has 1 saturated carbocycles. The summed E-state index contributed by atoms with van der Waals surface area (Å²) in [6.45, 7) is 0.610. The van der Waals surface area contributed by atoms with Crippen molar-refractivity contribution in [3.05, 3.63) is 30.1 Å². The summed E-state index contributed by atoms with van der Waals surface area (Å²) in [5.74, 6) is -1.38. The van der Waals surface area contributed by atoms with E-state index in [2.05, 4.69) is 10.3 Å². The molecule has 0 bridgehead atoms. The monoisotopic (exact) mass is 361 g/mol. The number of nitrogens with one attached hydrogen (secondary N) is 1. The van der Waals surface area contributed by atoms with Gasteiger partial charge in [0, 0.05) is 32.0 Å². The first-order chi connectivity index (χ1) is 12.5. The second kappa shape index (κ2) is 7.82. The fraction of sp³-hybridized carbons (Fsp3) is 0.556. The molecule has 0 unspecified atom stereocenters. The summed E-state index contributed by atoms with van der Waals surface area (Å²) >= 11 is 0. The molecule has 2 atom stereocenters. The van der Waals surface area contributed by atoms with Gasteiger partial charge in [-0.1, -0.05) is 12.5 Å². The summed E-state index contributed by atoms with van der Waals surface area (Å²) in [6.07, 6.45) is 5.67. The normalized spacial score (nSPS) is 24.3. The highest BCUT2D eigenvalue weighted by Gasteiger charge is 2.55. The van der Waals surface area contributed by atoms with Gasteiger partial charge in [0.1, 0.15) is 13.2 Å². The van der Waals surface area contributed by atoms with Crippen LogP contribution in [0.2, 0.25) is 0 Å². The van der Waals surface area contributed by atoms with Gasteiger partial charge < -0.3 is 20.1 Å². The smallest absolute Gasteiger partial charge is 0.311 e. The van der Waals surface area contributed by atoms with E-state index >= 15 is 0 Å². The molecule has 2 amide bonds. The van der Waals surface area contributed by atoms with Crippen LogP contribution in [-0.4, -0.2) is 59.1 Å². The molecule has 1 aliphatic carbocycles. The number of rotatable bonds is 7. The van der Waals surface area contributed by atoms with E-state index in [9.17, 15) is 19.5 Å². The molecule has 2 N–H and O–H groups in total. The lowest BCUT2D eigenvalue weighted by molar-refractivity contribution is -0.149. The van der Waals surface area contributed by atoms with Crippen molar-refractivity contribution < 1.29 is 24.2 Å². The minimum Gasteiger partial charge on any atom is -0.481 e. The summed E-state index contributed by atoms with van der Waals surface area (Å²) in [6, 6.07) is 3.63. The number of aromatic nitrogens is 1. The molecule has 2 fully saturated rings. The van der Waals surface area contributed by atoms with Crippen LogP contribution < -0.4 is 5.32 Å². The molecular weight excluding hydrogens is 338 g/mol. The van der Waals surface area contributed by atoms with Crippen LogP contribution in [0.5, 0.6) is 0 Å². The molecule has 2 aliphatic rings. The van der Waals surface area contributed by atoms with E-state index in [1.165, 1.54) is 0 Å². The van der Waals surface area contributed by atoms with Crippen LogP contribution in [-0.2, 0) is 25.7 Å². The minimum atomic E-state index is -0.814. The Bertz CT molecular complexity index is 681. The lowest BCUT2D eigenvalue weighted by Gasteiger charge is -2.23. The lowest BCUT2D eigenvalue weighted by Crippen LogP contribution is -2.38. The van der Waals surface area contributed by atoms with Crippen molar-refractivity contribution in [1.82, 2.24) is 15.2 Å². The van der Waals surface area contributed by atoms with Crippen LogP contribution in [0.4, 0.5) is 0 Å². The number of likely N-dealkylation sites (tertiary alicyclic amines) is 1. The van der Waals surface area contributed by atoms with Gasteiger partial charge in [-0.3, -0.25) is 19.4 Å². The molecule has 1 aromatic rings. The maximum absolute atomic E-state index is 12.3. The van der Waals surface area contributed by atoms with E-state index in [-0.39, 0.29) is 37.5 Å². The summed E-state index contributed by atoms with van der Waals surface area (Å²) in [5.41, 5.74) is 0.0797. The third-order valence-electron chi connectivity index (χ3n) is 5.32. The van der Waals surface area contributed by atoms with Gasteiger partial charge in [-0.15, -0.1) is 0 Å². The Balaban J connectivity index is 1.39. The topological polar surface area (TPSA) is 109 Å². The predicted octanol–water partition coefficient (Wildman–Crippen LogP) is 0.428. The molecule has 2 heterocycles. The number of carbonyl (C=O) groups excluding carboxylic acids is 2. The van der Waals surface area contributed by atoms with Gasteiger partial charge in [-0.25, -0.2) is 0 Å². The second-order valence-corrected chi connectivity index (χ2v) is 6.96. The first-order valence-electron chi connectivity index (χ1n) is 8.76. The fourth-order valence-corrected chi connectivity index (χ4v) is 3.91. The molecule has 0 spiro atoms. The first-order valence-corrected chi connectivity index (χ1v) is 8.76. The first kappa shape index (κ1) is 18.3. The molecule has 1 saturated heterocycles. The highest BCUT2D eigenvalue weighted by molar-refractivity contribution is 5.82. The Morgan fingerprint density at radius 2 is 2.23 bits per heavy atom. The molecular formula is C18H23N3O5. The third kappa shape index (κ3) is 3.85. The van der Waals surface area contributed by atoms with Crippen molar-refractivity contribution in [3.8, 4) is 0 Å². The Hall–Kier alpha value is -2.48. The lowest BCUT2D eigenvalue weighted by atomic mass is 9.81. The standard InChI is InChI=1S/C18H23N3O5/c22-15(20-8-13-3-2-6-19-7-13)10-26-11-16(23)21-9-14-4-1-5-18(14,12-21)17(24)25/h2-3,6-7,14H,1,4-5,8-12H2,(H,20,22)(H,24,25)/t14-,18+/m0/s1. The summed E-state index contributed by atoms with van der Waals surface area (Å²) < 4.78 is 5.21. The van der Waals surface area contributed by atoms with Crippen LogP contribution in [0.25, 0.3) is 0 Å². The van der Waals surface area contributed by atoms with Crippen molar-refractivity contribution in [2.45, 2.75) is 25.8 Å². The SMILES string of the molecule is O=C(COCC(=O)N1C[C@@H]2CCC[C@@]2(C(=O)O)C1)NCc1cccnc1. The highest BCUT2D eigenvalue weighted by Crippen LogP contribution is 2.48. The molecule has 26 heavy (non-hydrogen) atoms. The maximum Gasteiger partial charge on any atom is 0.311 e. The van der Waals surface area contributed by atoms with Gasteiger partial charge in [-0.2, -0.15) is 0 Å². The van der Waals surface area contributed by atoms with E-state index in [4.69, 9.17) is 4.74 Å². The number of carboxylic acid groups (broad SMARTS) is 1. The summed E-state index contributed by atoms with van der Waals surface area (Å²) in [5, 5.41) is 12.2. The molecule has 1 aromatic heterocycles. The molecule has 3 rings (SSSR count). The summed E-state index contributed by atoms with van der Waals surface area (Å²) in [4.78, 5) is 41.2. The zero-order valence-corrected chi connectivity index (χ0v) is 14.5. The molecule has 140 valence electrons. The third-order valence-corrected chi connectivity index (χ3v) is 5.32. The zero-order valence-electron chi connectivity index (χ0n) is 14.5. The fourth-order valence-electron chi connectivity index (χ4n) is 3.91. The maximum atomic E-state index is 12.3. The van der Waals surface area contributed by atoms with E-state index in [1.807, 2.05) is 6.07 Å². The van der Waals surface area contributed by atoms with Gasteiger partial charge in [0.25, 0.3) is 0 Å². The molecule has 8 heteroatoms. The van der Waals surface area contributed by atoms with Crippen molar-refractivity contribution in [3.63, 3.8) is 0 Å². The number of amides is 2. The van der Waals surface area contributed by atoms with Crippen molar-refractivity contribution >= 4 is 17.8 Å². The van der Waals surface area contributed by atoms with Gasteiger partial charge in [0.05, 0.1) is 5.41 Å². The van der Waals surface area contributed by atoms with Crippen LogP contribution >= 0.6 is 0 Å². The number of pyridine rings is 1. The molecule has 1 aliphatic heterocycles. The van der Waals surface area contributed by atoms with Crippen LogP contribution in [0, 0.1) is 11.3 Å². The largest absolute Gasteiger partial charge is 0.481 e. The minimum absolute atomic E-state index is 0.0201. The number of carbonyl (C=O) groups is 3. The Labute approximate surface area is 151 Å². The van der Waals surface area contributed by atoms with E-state index in [0.29, 0.717) is 19.5 Å². The summed E-state index contributed by atoms with van der Waals surface area (Å²) in [7, 11) is 0. The number of ether oxygens (including phenoxy) is 1. The van der Waals surface area contributed by atoms with Gasteiger partial charge in [0.2, 0.25) is 11.8 Å². The number of hydrogen-bond acceptors (Lipinski definition) is 5. The number of fused-ring (bicyclic) bond motifs is 1. The van der Waals surface area contributed by atoms with E-state index in [0.717, 1.165) is 18.4 Å². The number of carboxylic acids is 1.